The van der Waals surface area contributed by atoms with Crippen molar-refractivity contribution in [2.75, 3.05) is 58.4 Å². The van der Waals surface area contributed by atoms with E-state index in [1.165, 1.54) is 13.2 Å². The van der Waals surface area contributed by atoms with Gasteiger partial charge in [-0.05, 0) is 60.2 Å². The van der Waals surface area contributed by atoms with Crippen molar-refractivity contribution in [3.05, 3.63) is 41.5 Å². The summed E-state index contributed by atoms with van der Waals surface area (Å²) in [7, 11) is 1.51. The molecule has 7 rings (SSSR count). The lowest BCUT2D eigenvalue weighted by molar-refractivity contribution is 0.0512. The van der Waals surface area contributed by atoms with Gasteiger partial charge in [-0.3, -0.25) is 0 Å². The Morgan fingerprint density at radius 2 is 1.95 bits per heavy atom. The summed E-state index contributed by atoms with van der Waals surface area (Å²) in [6.07, 6.45) is 2.79. The average Bonchev–Trinajstić information content (AvgIpc) is 3.87. The first-order chi connectivity index (χ1) is 21.4. The van der Waals surface area contributed by atoms with Crippen molar-refractivity contribution in [3.63, 3.8) is 0 Å². The lowest BCUT2D eigenvalue weighted by Gasteiger charge is -2.28. The smallest absolute Gasteiger partial charge is 0.319 e. The van der Waals surface area contributed by atoms with Crippen molar-refractivity contribution >= 4 is 27.5 Å². The van der Waals surface area contributed by atoms with Crippen LogP contribution in [-0.2, 0) is 15.9 Å². The van der Waals surface area contributed by atoms with E-state index < -0.39 is 11.6 Å². The van der Waals surface area contributed by atoms with Crippen molar-refractivity contribution in [3.8, 4) is 28.9 Å². The summed E-state index contributed by atoms with van der Waals surface area (Å²) < 4.78 is 61.1. The summed E-state index contributed by atoms with van der Waals surface area (Å²) in [4.78, 5) is 16.1. The number of benzene rings is 2. The van der Waals surface area contributed by atoms with Crippen molar-refractivity contribution in [1.29, 1.82) is 0 Å². The van der Waals surface area contributed by atoms with Crippen LogP contribution in [-0.4, -0.2) is 79.6 Å². The minimum Gasteiger partial charge on any atom is -0.475 e. The number of hydrogen-bond acceptors (Lipinski definition) is 10. The number of fused-ring (bicyclic) bond motifs is 3. The van der Waals surface area contributed by atoms with Crippen LogP contribution < -0.4 is 19.1 Å². The van der Waals surface area contributed by atoms with E-state index in [4.69, 9.17) is 33.7 Å². The Bertz CT molecular complexity index is 1730. The van der Waals surface area contributed by atoms with Crippen molar-refractivity contribution < 1.29 is 37.6 Å². The largest absolute Gasteiger partial charge is 0.475 e. The number of halogens is 2. The van der Waals surface area contributed by atoms with Crippen molar-refractivity contribution in [1.82, 2.24) is 15.0 Å². The minimum atomic E-state index is -0.717. The Morgan fingerprint density at radius 3 is 2.73 bits per heavy atom. The highest BCUT2D eigenvalue weighted by molar-refractivity contribution is 6.03. The zero-order valence-electron chi connectivity index (χ0n) is 24.7. The van der Waals surface area contributed by atoms with E-state index in [0.717, 1.165) is 19.3 Å². The molecule has 1 saturated carbocycles. The molecule has 2 aromatic carbocycles. The molecule has 0 bridgehead atoms. The zero-order valence-corrected chi connectivity index (χ0v) is 24.7. The Kier molecular flexibility index (Phi) is 7.59. The number of aliphatic hydroxyl groups excluding tert-OH is 1. The molecule has 12 heteroatoms. The maximum absolute atomic E-state index is 17.0. The maximum atomic E-state index is 17.0. The molecule has 0 amide bonds. The fraction of sp³-hybridized carbons (Fsp3) is 0.469. The van der Waals surface area contributed by atoms with Crippen LogP contribution in [0.1, 0.15) is 31.7 Å². The number of aromatic nitrogens is 3. The molecule has 232 valence electrons. The normalized spacial score (nSPS) is 18.8. The number of aliphatic hydroxyl groups is 1. The fourth-order valence-corrected chi connectivity index (χ4v) is 6.05. The van der Waals surface area contributed by atoms with Gasteiger partial charge in [0.15, 0.2) is 12.6 Å². The molecule has 3 aliphatic rings. The van der Waals surface area contributed by atoms with Gasteiger partial charge in [0, 0.05) is 31.2 Å². The third-order valence-corrected chi connectivity index (χ3v) is 8.73. The zero-order chi connectivity index (χ0) is 30.4. The number of aryl methyl sites for hydroxylation is 1. The number of anilines is 1. The maximum Gasteiger partial charge on any atom is 0.319 e. The summed E-state index contributed by atoms with van der Waals surface area (Å²) >= 11 is 0. The number of methoxy groups -OCH3 is 1. The third-order valence-electron chi connectivity index (χ3n) is 8.73. The molecular weight excluding hydrogens is 574 g/mol. The molecule has 0 radical (unpaired) electrons. The Morgan fingerprint density at radius 1 is 1.09 bits per heavy atom. The molecule has 44 heavy (non-hydrogen) atoms. The van der Waals surface area contributed by atoms with Crippen LogP contribution in [0.4, 0.5) is 14.6 Å². The fourth-order valence-electron chi connectivity index (χ4n) is 6.05. The van der Waals surface area contributed by atoms with Crippen LogP contribution in [0.2, 0.25) is 0 Å². The van der Waals surface area contributed by atoms with E-state index in [1.54, 1.807) is 18.2 Å². The molecule has 1 aliphatic carbocycles. The molecule has 2 aromatic heterocycles. The molecule has 4 heterocycles. The van der Waals surface area contributed by atoms with Crippen LogP contribution in [0.25, 0.3) is 32.9 Å². The minimum absolute atomic E-state index is 0.00219. The van der Waals surface area contributed by atoms with Crippen LogP contribution in [0, 0.1) is 17.0 Å². The monoisotopic (exact) mass is 608 g/mol. The first-order valence-electron chi connectivity index (χ1n) is 14.9. The van der Waals surface area contributed by atoms with Crippen LogP contribution in [0.5, 0.6) is 17.6 Å². The second-order valence-corrected chi connectivity index (χ2v) is 11.7. The summed E-state index contributed by atoms with van der Waals surface area (Å²) in [6, 6.07) is 6.25. The molecule has 1 atom stereocenters. The lowest BCUT2D eigenvalue weighted by Crippen LogP contribution is -2.41. The Hall–Kier alpha value is -3.87. The van der Waals surface area contributed by atoms with E-state index in [-0.39, 0.29) is 61.2 Å². The highest BCUT2D eigenvalue weighted by Crippen LogP contribution is 2.46. The summed E-state index contributed by atoms with van der Waals surface area (Å²) in [5, 5.41) is 11.4. The third kappa shape index (κ3) is 5.04. The highest BCUT2D eigenvalue weighted by Gasteiger charge is 2.43. The second-order valence-electron chi connectivity index (χ2n) is 11.7. The van der Waals surface area contributed by atoms with Gasteiger partial charge >= 0.3 is 6.01 Å². The lowest BCUT2D eigenvalue weighted by atomic mass is 9.94. The summed E-state index contributed by atoms with van der Waals surface area (Å²) in [5.41, 5.74) is 0.366. The van der Waals surface area contributed by atoms with E-state index in [9.17, 15) is 5.11 Å². The number of hydrogen-bond donors (Lipinski definition) is 1. The first kappa shape index (κ1) is 28.9. The molecule has 0 spiro atoms. The predicted octanol–water partition coefficient (Wildman–Crippen LogP) is 4.81. The van der Waals surface area contributed by atoms with Gasteiger partial charge in [-0.15, -0.1) is 0 Å². The van der Waals surface area contributed by atoms with Gasteiger partial charge in [0.1, 0.15) is 40.6 Å². The van der Waals surface area contributed by atoms with Crippen LogP contribution in [0.15, 0.2) is 24.3 Å². The molecule has 2 aliphatic heterocycles. The van der Waals surface area contributed by atoms with Crippen LogP contribution in [0.3, 0.4) is 0 Å². The standard InChI is InChI=1S/C32H34F2N4O6/c1-3-21-23(33)6-5-18-11-20(44-17-40-2)12-22(24(18)21)27-26(34)28-25-29(37-31(36-28)43-16-32(15-39)7-8-32)38-9-4-10-41-13-19(38)14-42-30(25)35-27/h5-6,11-12,19,39H,3-4,7-10,13-17H2,1-2H3/t19-/m0/s1. The van der Waals surface area contributed by atoms with Gasteiger partial charge in [-0.25, -0.2) is 13.8 Å². The van der Waals surface area contributed by atoms with Gasteiger partial charge < -0.3 is 33.7 Å². The molecule has 1 N–H and O–H groups in total. The Labute approximate surface area is 252 Å². The van der Waals surface area contributed by atoms with Gasteiger partial charge in [0.2, 0.25) is 5.88 Å². The van der Waals surface area contributed by atoms with Crippen molar-refractivity contribution in [2.45, 2.75) is 38.6 Å². The van der Waals surface area contributed by atoms with E-state index >= 15 is 8.78 Å². The SMILES string of the molecule is CCc1c(F)ccc2cc(OCOC)cc(-c3nc4c5c(nc(OCC6(CO)CC6)nc5c3F)N3CCCOC[C@H]3CO4)c12. The number of ether oxygens (including phenoxy) is 5. The molecule has 1 saturated heterocycles. The highest BCUT2D eigenvalue weighted by atomic mass is 19.1. The van der Waals surface area contributed by atoms with Gasteiger partial charge in [0.05, 0.1) is 25.9 Å². The summed E-state index contributed by atoms with van der Waals surface area (Å²) in [5.74, 6) is -0.0700. The van der Waals surface area contributed by atoms with E-state index in [1.807, 2.05) is 6.92 Å². The van der Waals surface area contributed by atoms with Gasteiger partial charge in [-0.1, -0.05) is 13.0 Å². The second kappa shape index (κ2) is 11.6. The van der Waals surface area contributed by atoms with E-state index in [2.05, 4.69) is 9.88 Å². The number of rotatable bonds is 9. The molecule has 4 aromatic rings. The molecular formula is C32H34F2N4O6. The molecule has 10 nitrogen and oxygen atoms in total. The van der Waals surface area contributed by atoms with Gasteiger partial charge in [-0.2, -0.15) is 9.97 Å². The Balaban J connectivity index is 1.47. The quantitative estimate of drug-likeness (QED) is 0.266. The topological polar surface area (TPSA) is 108 Å². The van der Waals surface area contributed by atoms with E-state index in [0.29, 0.717) is 65.0 Å². The number of pyridine rings is 1. The molecule has 0 unspecified atom stereocenters. The summed E-state index contributed by atoms with van der Waals surface area (Å²) in [6.45, 7) is 3.87. The number of nitrogens with zero attached hydrogens (tertiary/aromatic N) is 4. The van der Waals surface area contributed by atoms with Gasteiger partial charge in [0.25, 0.3) is 0 Å². The molecule has 2 fully saturated rings. The van der Waals surface area contributed by atoms with Crippen LogP contribution >= 0.6 is 0 Å². The predicted molar refractivity (Wildman–Crippen MR) is 158 cm³/mol. The average molecular weight is 609 g/mol. The van der Waals surface area contributed by atoms with Crippen molar-refractivity contribution in [2.24, 2.45) is 5.41 Å². The first-order valence-corrected chi connectivity index (χ1v) is 14.9.